The molecular weight excluding hydrogens is 213 g/mol. The average Bonchev–Trinajstić information content (AvgIpc) is 2.34. The van der Waals surface area contributed by atoms with Crippen molar-refractivity contribution in [1.82, 2.24) is 9.38 Å². The summed E-state index contributed by atoms with van der Waals surface area (Å²) in [5, 5.41) is 0. The number of nitrogens with zero attached hydrogens (tertiary/aromatic N) is 2. The molecule has 0 aromatic carbocycles. The minimum atomic E-state index is 0. The maximum atomic E-state index is 4.12. The molecule has 0 aliphatic carbocycles. The van der Waals surface area contributed by atoms with Crippen LogP contribution in [-0.4, -0.2) is 9.38 Å². The van der Waals surface area contributed by atoms with E-state index in [4.69, 9.17) is 0 Å². The molecule has 11 heavy (non-hydrogen) atoms. The van der Waals surface area contributed by atoms with E-state index in [1.54, 1.807) is 6.20 Å². The number of rotatable bonds is 0. The topological polar surface area (TPSA) is 17.3 Å². The molecule has 0 spiro atoms. The Morgan fingerprint density at radius 2 is 2.18 bits per heavy atom. The largest absolute Gasteiger partial charge is 0.337 e. The van der Waals surface area contributed by atoms with Crippen molar-refractivity contribution in [1.29, 1.82) is 0 Å². The summed E-state index contributed by atoms with van der Waals surface area (Å²) in [6, 6.07) is 5.87. The minimum Gasteiger partial charge on any atom is -0.337 e. The Kier molecular flexibility index (Phi) is 2.69. The zero-order valence-electron chi connectivity index (χ0n) is 6.07. The summed E-state index contributed by atoms with van der Waals surface area (Å²) in [5.41, 5.74) is 1.88. The number of aromatic nitrogens is 2. The van der Waals surface area contributed by atoms with Crippen molar-refractivity contribution in [3.8, 4) is 0 Å². The minimum absolute atomic E-state index is 0. The predicted octanol–water partition coefficient (Wildman–Crippen LogP) is 1.51. The zero-order chi connectivity index (χ0) is 6.97. The van der Waals surface area contributed by atoms with Gasteiger partial charge in [-0.25, -0.2) is 6.92 Å². The van der Waals surface area contributed by atoms with E-state index in [1.165, 1.54) is 0 Å². The van der Waals surface area contributed by atoms with Gasteiger partial charge in [0, 0.05) is 38.9 Å². The molecule has 0 saturated carbocycles. The van der Waals surface area contributed by atoms with Gasteiger partial charge in [-0.2, -0.15) is 0 Å². The molecule has 0 saturated heterocycles. The van der Waals surface area contributed by atoms with Crippen LogP contribution in [0.1, 0.15) is 5.69 Å². The van der Waals surface area contributed by atoms with Crippen LogP contribution in [0.5, 0.6) is 0 Å². The number of imidazole rings is 1. The molecule has 0 unspecified atom stereocenters. The molecule has 0 atom stereocenters. The first-order valence-corrected chi connectivity index (χ1v) is 3.12. The van der Waals surface area contributed by atoms with Gasteiger partial charge in [0.25, 0.3) is 0 Å². The van der Waals surface area contributed by atoms with Gasteiger partial charge in [0.05, 0.1) is 0 Å². The Morgan fingerprint density at radius 1 is 1.36 bits per heavy atom. The van der Waals surface area contributed by atoms with Crippen LogP contribution in [0.15, 0.2) is 30.6 Å². The molecule has 2 heterocycles. The van der Waals surface area contributed by atoms with Gasteiger partial charge in [-0.15, -0.1) is 5.69 Å². The van der Waals surface area contributed by atoms with Gasteiger partial charge < -0.3 is 9.38 Å². The first-order chi connectivity index (χ1) is 4.88. The van der Waals surface area contributed by atoms with Crippen molar-refractivity contribution in [2.24, 2.45) is 0 Å². The second-order valence-corrected chi connectivity index (χ2v) is 2.18. The van der Waals surface area contributed by atoms with Crippen molar-refractivity contribution >= 4 is 5.65 Å². The van der Waals surface area contributed by atoms with Gasteiger partial charge >= 0.3 is 0 Å². The first kappa shape index (κ1) is 8.76. The van der Waals surface area contributed by atoms with E-state index in [0.717, 1.165) is 11.3 Å². The molecule has 0 fully saturated rings. The average molecular weight is 220 g/mol. The summed E-state index contributed by atoms with van der Waals surface area (Å²) in [6.45, 7) is 3.81. The van der Waals surface area contributed by atoms with Crippen LogP contribution >= 0.6 is 0 Å². The monoisotopic (exact) mass is 220 g/mol. The number of fused-ring (bicyclic) bond motifs is 1. The van der Waals surface area contributed by atoms with E-state index in [2.05, 4.69) is 11.9 Å². The molecule has 0 aliphatic rings. The standard InChI is InChI=1S/C8H7N2.Y/c1-7-6-9-8-4-2-3-5-10(7)8;/h2-6H,1H2;/q-1;. The molecule has 0 N–H and O–H groups in total. The third kappa shape index (κ3) is 1.47. The zero-order valence-corrected chi connectivity index (χ0v) is 8.90. The van der Waals surface area contributed by atoms with Crippen LogP contribution < -0.4 is 0 Å². The summed E-state index contributed by atoms with van der Waals surface area (Å²) in [4.78, 5) is 4.12. The van der Waals surface area contributed by atoms with E-state index in [-0.39, 0.29) is 32.7 Å². The Bertz CT molecular complexity index is 354. The van der Waals surface area contributed by atoms with Gasteiger partial charge in [0.15, 0.2) is 0 Å². The van der Waals surface area contributed by atoms with E-state index >= 15 is 0 Å². The quantitative estimate of drug-likeness (QED) is 0.615. The molecule has 2 rings (SSSR count). The normalized spacial score (nSPS) is 9.45. The van der Waals surface area contributed by atoms with Crippen molar-refractivity contribution in [3.63, 3.8) is 0 Å². The Labute approximate surface area is 90.5 Å². The SMILES string of the molecule is [CH2-]c1cnc2ccccn12.[Y]. The van der Waals surface area contributed by atoms with Crippen molar-refractivity contribution in [2.75, 3.05) is 0 Å². The molecular formula is C8H7N2Y-. The molecule has 0 aliphatic heterocycles. The van der Waals surface area contributed by atoms with Gasteiger partial charge in [-0.3, -0.25) is 0 Å². The van der Waals surface area contributed by atoms with Crippen LogP contribution in [0.4, 0.5) is 0 Å². The molecule has 0 bridgehead atoms. The number of pyridine rings is 1. The van der Waals surface area contributed by atoms with Crippen LogP contribution in [0.25, 0.3) is 5.65 Å². The van der Waals surface area contributed by atoms with Crippen LogP contribution in [0.3, 0.4) is 0 Å². The van der Waals surface area contributed by atoms with Crippen LogP contribution in [0.2, 0.25) is 0 Å². The second kappa shape index (κ2) is 3.37. The fourth-order valence-corrected chi connectivity index (χ4v) is 0.985. The van der Waals surface area contributed by atoms with Crippen LogP contribution in [0, 0.1) is 6.92 Å². The fourth-order valence-electron chi connectivity index (χ4n) is 0.985. The predicted molar refractivity (Wildman–Crippen MR) is 39.7 cm³/mol. The van der Waals surface area contributed by atoms with Crippen molar-refractivity contribution < 1.29 is 32.7 Å². The summed E-state index contributed by atoms with van der Waals surface area (Å²) >= 11 is 0. The van der Waals surface area contributed by atoms with Gasteiger partial charge in [0.1, 0.15) is 5.65 Å². The second-order valence-electron chi connectivity index (χ2n) is 2.18. The van der Waals surface area contributed by atoms with E-state index in [9.17, 15) is 0 Å². The fraction of sp³-hybridized carbons (Fsp3) is 0. The van der Waals surface area contributed by atoms with E-state index in [0.29, 0.717) is 0 Å². The van der Waals surface area contributed by atoms with Crippen molar-refractivity contribution in [2.45, 2.75) is 0 Å². The van der Waals surface area contributed by atoms with Crippen molar-refractivity contribution in [3.05, 3.63) is 43.2 Å². The van der Waals surface area contributed by atoms with Gasteiger partial charge in [0.2, 0.25) is 0 Å². The number of hydrogen-bond acceptors (Lipinski definition) is 1. The maximum absolute atomic E-state index is 4.12. The Hall–Kier alpha value is -0.336. The third-order valence-corrected chi connectivity index (χ3v) is 1.49. The molecule has 3 heteroatoms. The molecule has 53 valence electrons. The molecule has 2 nitrogen and oxygen atoms in total. The van der Waals surface area contributed by atoms with Gasteiger partial charge in [-0.05, 0) is 12.1 Å². The third-order valence-electron chi connectivity index (χ3n) is 1.49. The molecule has 2 aromatic rings. The van der Waals surface area contributed by atoms with E-state index < -0.39 is 0 Å². The smallest absolute Gasteiger partial charge is 0.115 e. The molecule has 1 radical (unpaired) electrons. The molecule has 2 aromatic heterocycles. The summed E-state index contributed by atoms with van der Waals surface area (Å²) in [6.07, 6.45) is 3.71. The summed E-state index contributed by atoms with van der Waals surface area (Å²) in [5.74, 6) is 0. The Balaban J connectivity index is 0.000000605. The van der Waals surface area contributed by atoms with E-state index in [1.807, 2.05) is 28.8 Å². The number of hydrogen-bond donors (Lipinski definition) is 0. The summed E-state index contributed by atoms with van der Waals surface area (Å²) in [7, 11) is 0. The van der Waals surface area contributed by atoms with Gasteiger partial charge in [-0.1, -0.05) is 12.3 Å². The first-order valence-electron chi connectivity index (χ1n) is 3.12. The Morgan fingerprint density at radius 3 is 2.91 bits per heavy atom. The molecule has 0 amide bonds. The maximum Gasteiger partial charge on any atom is 0.115 e. The summed E-state index contributed by atoms with van der Waals surface area (Å²) < 4.78 is 1.94. The van der Waals surface area contributed by atoms with Crippen LogP contribution in [-0.2, 0) is 32.7 Å².